The second kappa shape index (κ2) is 5.85. The lowest BCUT2D eigenvalue weighted by molar-refractivity contribution is 0.414. The third kappa shape index (κ3) is 2.37. The Bertz CT molecular complexity index is 1180. The Kier molecular flexibility index (Phi) is 3.47. The Hall–Kier alpha value is -2.85. The van der Waals surface area contributed by atoms with Gasteiger partial charge in [0.15, 0.2) is 5.65 Å². The fourth-order valence-corrected chi connectivity index (χ4v) is 4.03. The molecule has 1 saturated carbocycles. The summed E-state index contributed by atoms with van der Waals surface area (Å²) in [7, 11) is 0. The number of rotatable bonds is 4. The lowest BCUT2D eigenvalue weighted by Crippen LogP contribution is -1.99. The summed E-state index contributed by atoms with van der Waals surface area (Å²) in [6.45, 7) is 2.04. The van der Waals surface area contributed by atoms with Gasteiger partial charge in [-0.15, -0.1) is 10.2 Å². The molecule has 6 nitrogen and oxygen atoms in total. The van der Waals surface area contributed by atoms with E-state index >= 15 is 0 Å². The van der Waals surface area contributed by atoms with Crippen molar-refractivity contribution in [3.8, 4) is 6.07 Å². The third-order valence-corrected chi connectivity index (χ3v) is 5.51. The normalized spacial score (nSPS) is 14.2. The number of hydrogen-bond acceptors (Lipinski definition) is 6. The summed E-state index contributed by atoms with van der Waals surface area (Å²) in [4.78, 5) is 4.70. The molecule has 5 rings (SSSR count). The Labute approximate surface area is 153 Å². The van der Waals surface area contributed by atoms with Gasteiger partial charge in [-0.05, 0) is 54.8 Å². The van der Waals surface area contributed by atoms with Crippen LogP contribution in [0.1, 0.15) is 42.7 Å². The predicted molar refractivity (Wildman–Crippen MR) is 97.2 cm³/mol. The van der Waals surface area contributed by atoms with E-state index in [0.29, 0.717) is 22.4 Å². The molecule has 26 heavy (non-hydrogen) atoms. The van der Waals surface area contributed by atoms with E-state index in [9.17, 15) is 5.26 Å². The van der Waals surface area contributed by atoms with Crippen molar-refractivity contribution < 1.29 is 4.42 Å². The number of para-hydroxylation sites is 2. The predicted octanol–water partition coefficient (Wildman–Crippen LogP) is 4.33. The van der Waals surface area contributed by atoms with E-state index in [1.54, 1.807) is 0 Å². The number of imidazole rings is 1. The van der Waals surface area contributed by atoms with Crippen LogP contribution >= 0.6 is 11.8 Å². The summed E-state index contributed by atoms with van der Waals surface area (Å²) in [6, 6.07) is 12.3. The van der Waals surface area contributed by atoms with Crippen LogP contribution in [0.4, 0.5) is 0 Å². The number of nitrogens with zero attached hydrogens (tertiary/aromatic N) is 5. The Balaban J connectivity index is 1.73. The molecule has 7 heteroatoms. The number of hydrogen-bond donors (Lipinski definition) is 0. The van der Waals surface area contributed by atoms with Gasteiger partial charge in [0.1, 0.15) is 6.07 Å². The summed E-state index contributed by atoms with van der Waals surface area (Å²) in [5, 5.41) is 19.5. The average molecular weight is 361 g/mol. The van der Waals surface area contributed by atoms with Gasteiger partial charge in [-0.1, -0.05) is 19.1 Å². The molecule has 0 bridgehead atoms. The van der Waals surface area contributed by atoms with Gasteiger partial charge < -0.3 is 4.42 Å². The number of pyridine rings is 1. The fraction of sp³-hybridized carbons (Fsp3) is 0.263. The number of fused-ring (bicyclic) bond motifs is 3. The molecule has 0 saturated heterocycles. The van der Waals surface area contributed by atoms with Gasteiger partial charge in [-0.25, -0.2) is 4.98 Å². The van der Waals surface area contributed by atoms with Crippen molar-refractivity contribution in [3.63, 3.8) is 0 Å². The van der Waals surface area contributed by atoms with Crippen LogP contribution in [-0.2, 0) is 6.42 Å². The minimum Gasteiger partial charge on any atom is -0.415 e. The van der Waals surface area contributed by atoms with Gasteiger partial charge in [-0.3, -0.25) is 4.40 Å². The molecular formula is C19H15N5OS. The van der Waals surface area contributed by atoms with Crippen LogP contribution in [0.25, 0.3) is 16.7 Å². The molecule has 0 amide bonds. The van der Waals surface area contributed by atoms with Gasteiger partial charge in [-0.2, -0.15) is 5.26 Å². The van der Waals surface area contributed by atoms with Crippen molar-refractivity contribution in [2.45, 2.75) is 42.4 Å². The molecule has 4 aromatic rings. The summed E-state index contributed by atoms with van der Waals surface area (Å²) >= 11 is 1.42. The summed E-state index contributed by atoms with van der Waals surface area (Å²) in [6.07, 6.45) is 3.01. The maximum absolute atomic E-state index is 9.67. The van der Waals surface area contributed by atoms with Crippen molar-refractivity contribution in [2.24, 2.45) is 0 Å². The number of nitriles is 1. The smallest absolute Gasteiger partial charge is 0.282 e. The minimum absolute atomic E-state index is 0.429. The van der Waals surface area contributed by atoms with Crippen LogP contribution in [0.5, 0.6) is 0 Å². The van der Waals surface area contributed by atoms with Crippen molar-refractivity contribution in [3.05, 3.63) is 47.3 Å². The van der Waals surface area contributed by atoms with Crippen LogP contribution in [0, 0.1) is 11.3 Å². The summed E-state index contributed by atoms with van der Waals surface area (Å²) in [5.41, 5.74) is 4.10. The molecule has 0 unspecified atom stereocenters. The Morgan fingerprint density at radius 3 is 2.92 bits per heavy atom. The molecule has 1 aromatic carbocycles. The molecule has 3 aromatic heterocycles. The van der Waals surface area contributed by atoms with E-state index in [1.807, 2.05) is 41.7 Å². The monoisotopic (exact) mass is 361 g/mol. The summed E-state index contributed by atoms with van der Waals surface area (Å²) < 4.78 is 7.83. The lowest BCUT2D eigenvalue weighted by atomic mass is 10.1. The third-order valence-electron chi connectivity index (χ3n) is 4.66. The molecule has 1 aliphatic rings. The van der Waals surface area contributed by atoms with E-state index in [0.717, 1.165) is 46.8 Å². The first-order valence-electron chi connectivity index (χ1n) is 8.63. The van der Waals surface area contributed by atoms with E-state index < -0.39 is 0 Å². The minimum atomic E-state index is 0.429. The fourth-order valence-electron chi connectivity index (χ4n) is 3.17. The van der Waals surface area contributed by atoms with Crippen molar-refractivity contribution >= 4 is 28.4 Å². The van der Waals surface area contributed by atoms with Crippen LogP contribution in [0.2, 0.25) is 0 Å². The molecule has 0 atom stereocenters. The molecule has 0 spiro atoms. The largest absolute Gasteiger partial charge is 0.415 e. The standard InChI is InChI=1S/C19H15N5OS/c1-2-11-9-16(26-19-23-22-18(25-19)12-7-8-12)24-15-6-4-3-5-14(15)21-17(24)13(11)10-20/h3-6,9,12H,2,7-8H2,1H3. The highest BCUT2D eigenvalue weighted by Gasteiger charge is 2.29. The Morgan fingerprint density at radius 1 is 1.31 bits per heavy atom. The highest BCUT2D eigenvalue weighted by atomic mass is 32.2. The number of aromatic nitrogens is 4. The molecular weight excluding hydrogens is 346 g/mol. The van der Waals surface area contributed by atoms with E-state index in [4.69, 9.17) is 9.40 Å². The SMILES string of the molecule is CCc1cc(Sc2nnc(C3CC3)o2)n2c(nc3ccccc32)c1C#N. The zero-order valence-electron chi connectivity index (χ0n) is 14.1. The second-order valence-electron chi connectivity index (χ2n) is 6.39. The van der Waals surface area contributed by atoms with Gasteiger partial charge in [0, 0.05) is 5.92 Å². The van der Waals surface area contributed by atoms with Crippen LogP contribution in [0.15, 0.2) is 45.0 Å². The molecule has 1 aliphatic carbocycles. The van der Waals surface area contributed by atoms with Crippen molar-refractivity contribution in [2.75, 3.05) is 0 Å². The molecule has 0 N–H and O–H groups in total. The van der Waals surface area contributed by atoms with Crippen molar-refractivity contribution in [1.29, 1.82) is 5.26 Å². The zero-order valence-corrected chi connectivity index (χ0v) is 15.0. The summed E-state index contributed by atoms with van der Waals surface area (Å²) in [5.74, 6) is 1.15. The quantitative estimate of drug-likeness (QED) is 0.538. The second-order valence-corrected chi connectivity index (χ2v) is 7.36. The maximum atomic E-state index is 9.67. The van der Waals surface area contributed by atoms with Crippen LogP contribution in [0.3, 0.4) is 0 Å². The van der Waals surface area contributed by atoms with Gasteiger partial charge in [0.05, 0.1) is 21.6 Å². The molecule has 0 radical (unpaired) electrons. The van der Waals surface area contributed by atoms with Gasteiger partial charge >= 0.3 is 0 Å². The van der Waals surface area contributed by atoms with Crippen LogP contribution in [-0.4, -0.2) is 19.6 Å². The highest BCUT2D eigenvalue weighted by Crippen LogP contribution is 2.41. The first-order chi connectivity index (χ1) is 12.8. The first-order valence-corrected chi connectivity index (χ1v) is 9.44. The van der Waals surface area contributed by atoms with Crippen molar-refractivity contribution in [1.82, 2.24) is 19.6 Å². The topological polar surface area (TPSA) is 80.0 Å². The molecule has 0 aliphatic heterocycles. The van der Waals surface area contributed by atoms with Gasteiger partial charge in [0.25, 0.3) is 5.22 Å². The van der Waals surface area contributed by atoms with Gasteiger partial charge in [0.2, 0.25) is 5.89 Å². The molecule has 1 fully saturated rings. The maximum Gasteiger partial charge on any atom is 0.282 e. The molecule has 3 heterocycles. The van der Waals surface area contributed by atoms with E-state index in [2.05, 4.69) is 16.3 Å². The zero-order chi connectivity index (χ0) is 17.7. The van der Waals surface area contributed by atoms with E-state index in [1.165, 1.54) is 11.8 Å². The number of benzene rings is 1. The first kappa shape index (κ1) is 15.4. The molecule has 128 valence electrons. The van der Waals surface area contributed by atoms with Crippen LogP contribution < -0.4 is 0 Å². The lowest BCUT2D eigenvalue weighted by Gasteiger charge is -2.09. The Morgan fingerprint density at radius 2 is 2.15 bits per heavy atom. The number of aryl methyl sites for hydroxylation is 1. The van der Waals surface area contributed by atoms with E-state index in [-0.39, 0.29) is 0 Å². The highest BCUT2D eigenvalue weighted by molar-refractivity contribution is 7.99. The average Bonchev–Trinajstić information content (AvgIpc) is 3.29.